The van der Waals surface area contributed by atoms with E-state index in [2.05, 4.69) is 11.3 Å². The van der Waals surface area contributed by atoms with Gasteiger partial charge in [0, 0.05) is 6.08 Å². The second-order valence-electron chi connectivity index (χ2n) is 0.956. The molecule has 2 nitrogen and oxygen atoms in total. The molecule has 0 saturated carbocycles. The van der Waals surface area contributed by atoms with E-state index in [-0.39, 0.29) is 25.4 Å². The second-order valence-corrected chi connectivity index (χ2v) is 0.956. The molecule has 0 atom stereocenters. The minimum absolute atomic E-state index is 0. The molecule has 0 rings (SSSR count). The number of esters is 1. The quantitative estimate of drug-likeness (QED) is 0.343. The van der Waals surface area contributed by atoms with Crippen LogP contribution in [0.3, 0.4) is 0 Å². The van der Waals surface area contributed by atoms with E-state index in [1.54, 1.807) is 6.92 Å². The fourth-order valence-electron chi connectivity index (χ4n) is 0.201. The SMILES string of the molecule is C=CC(=O)OCC.[Zn+2]. The molecule has 0 radical (unpaired) electrons. The first-order chi connectivity index (χ1) is 3.31. The molecule has 0 spiro atoms. The molecule has 0 aliphatic heterocycles. The predicted molar refractivity (Wildman–Crippen MR) is 26.8 cm³/mol. The van der Waals surface area contributed by atoms with Crippen LogP contribution < -0.4 is 0 Å². The molecule has 0 amide bonds. The van der Waals surface area contributed by atoms with Gasteiger partial charge in [0.25, 0.3) is 0 Å². The Morgan fingerprint density at radius 1 is 1.88 bits per heavy atom. The van der Waals surface area contributed by atoms with Crippen molar-refractivity contribution in [1.82, 2.24) is 0 Å². The van der Waals surface area contributed by atoms with Crippen molar-refractivity contribution < 1.29 is 29.0 Å². The summed E-state index contributed by atoms with van der Waals surface area (Å²) in [5.74, 6) is -0.359. The third-order valence-corrected chi connectivity index (χ3v) is 0.453. The first-order valence-corrected chi connectivity index (χ1v) is 2.10. The van der Waals surface area contributed by atoms with Crippen molar-refractivity contribution in [1.29, 1.82) is 0 Å². The monoisotopic (exact) mass is 164 g/mol. The fourth-order valence-corrected chi connectivity index (χ4v) is 0.201. The van der Waals surface area contributed by atoms with Gasteiger partial charge in [-0.1, -0.05) is 6.58 Å². The minimum atomic E-state index is -0.359. The minimum Gasteiger partial charge on any atom is -0.463 e. The molecule has 0 heterocycles. The van der Waals surface area contributed by atoms with E-state index in [4.69, 9.17) is 0 Å². The van der Waals surface area contributed by atoms with Crippen LogP contribution in [-0.4, -0.2) is 12.6 Å². The van der Waals surface area contributed by atoms with Crippen molar-refractivity contribution in [3.05, 3.63) is 12.7 Å². The largest absolute Gasteiger partial charge is 2.00 e. The maximum atomic E-state index is 10.1. The number of ether oxygens (including phenoxy) is 1. The van der Waals surface area contributed by atoms with Gasteiger partial charge in [0.1, 0.15) is 0 Å². The Labute approximate surface area is 61.7 Å². The zero-order valence-electron chi connectivity index (χ0n) is 5.02. The van der Waals surface area contributed by atoms with Gasteiger partial charge in [-0.05, 0) is 6.92 Å². The zero-order valence-corrected chi connectivity index (χ0v) is 7.98. The van der Waals surface area contributed by atoms with Crippen molar-refractivity contribution in [3.8, 4) is 0 Å². The third kappa shape index (κ3) is 5.83. The van der Waals surface area contributed by atoms with Gasteiger partial charge in [0.15, 0.2) is 0 Å². The van der Waals surface area contributed by atoms with Gasteiger partial charge in [-0.2, -0.15) is 0 Å². The second kappa shape index (κ2) is 6.83. The summed E-state index contributed by atoms with van der Waals surface area (Å²) in [6.07, 6.45) is 1.14. The summed E-state index contributed by atoms with van der Waals surface area (Å²) in [5, 5.41) is 0. The predicted octanol–water partition coefficient (Wildman–Crippen LogP) is 0.733. The van der Waals surface area contributed by atoms with Crippen molar-refractivity contribution >= 4 is 5.97 Å². The molecule has 0 aliphatic carbocycles. The third-order valence-electron chi connectivity index (χ3n) is 0.453. The van der Waals surface area contributed by atoms with Gasteiger partial charge in [0.05, 0.1) is 6.61 Å². The van der Waals surface area contributed by atoms with E-state index in [1.807, 2.05) is 0 Å². The van der Waals surface area contributed by atoms with Gasteiger partial charge >= 0.3 is 25.4 Å². The van der Waals surface area contributed by atoms with E-state index < -0.39 is 0 Å². The average molecular weight is 166 g/mol. The molecule has 0 aromatic carbocycles. The normalized spacial score (nSPS) is 6.62. The first kappa shape index (κ1) is 10.7. The molecule has 3 heteroatoms. The molecule has 0 saturated heterocycles. The van der Waals surface area contributed by atoms with Crippen LogP contribution in [0.15, 0.2) is 12.7 Å². The summed E-state index contributed by atoms with van der Waals surface area (Å²) >= 11 is 0. The number of hydrogen-bond acceptors (Lipinski definition) is 2. The maximum Gasteiger partial charge on any atom is 2.00 e. The summed E-state index contributed by atoms with van der Waals surface area (Å²) in [5.41, 5.74) is 0. The fraction of sp³-hybridized carbons (Fsp3) is 0.400. The van der Waals surface area contributed by atoms with Crippen molar-refractivity contribution in [3.63, 3.8) is 0 Å². The van der Waals surface area contributed by atoms with Crippen LogP contribution in [0.4, 0.5) is 0 Å². The summed E-state index contributed by atoms with van der Waals surface area (Å²) in [7, 11) is 0. The van der Waals surface area contributed by atoms with E-state index in [1.165, 1.54) is 0 Å². The molecule has 0 bridgehead atoms. The van der Waals surface area contributed by atoms with Gasteiger partial charge in [-0.25, -0.2) is 4.79 Å². The van der Waals surface area contributed by atoms with Crippen LogP contribution >= 0.6 is 0 Å². The van der Waals surface area contributed by atoms with Crippen LogP contribution in [0, 0.1) is 0 Å². The van der Waals surface area contributed by atoms with Gasteiger partial charge in [-0.15, -0.1) is 0 Å². The standard InChI is InChI=1S/C5H8O2.Zn/c1-3-5(6)7-4-2;/h3H,1,4H2,2H3;/q;+2. The van der Waals surface area contributed by atoms with Crippen LogP contribution in [0.25, 0.3) is 0 Å². The summed E-state index contributed by atoms with van der Waals surface area (Å²) in [6, 6.07) is 0. The Bertz CT molecular complexity index is 80.5. The summed E-state index contributed by atoms with van der Waals surface area (Å²) < 4.78 is 4.43. The van der Waals surface area contributed by atoms with Gasteiger partial charge in [-0.3, -0.25) is 0 Å². The molecular weight excluding hydrogens is 157 g/mol. The molecule has 8 heavy (non-hydrogen) atoms. The Morgan fingerprint density at radius 3 is 2.50 bits per heavy atom. The summed E-state index contributed by atoms with van der Waals surface area (Å²) in [4.78, 5) is 10.1. The van der Waals surface area contributed by atoms with Crippen molar-refractivity contribution in [2.45, 2.75) is 6.92 Å². The topological polar surface area (TPSA) is 26.3 Å². The number of carbonyl (C=O) groups is 1. The number of hydrogen-bond donors (Lipinski definition) is 0. The maximum absolute atomic E-state index is 10.1. The molecule has 0 fully saturated rings. The zero-order chi connectivity index (χ0) is 5.70. The first-order valence-electron chi connectivity index (χ1n) is 2.10. The van der Waals surface area contributed by atoms with Crippen molar-refractivity contribution in [2.24, 2.45) is 0 Å². The van der Waals surface area contributed by atoms with Crippen LogP contribution in [0.2, 0.25) is 0 Å². The Hall–Kier alpha value is -0.167. The molecule has 0 unspecified atom stereocenters. The van der Waals surface area contributed by atoms with E-state index in [0.717, 1.165) is 6.08 Å². The molecule has 40 valence electrons. The average Bonchev–Trinajstić information content (AvgIpc) is 1.68. The Morgan fingerprint density at radius 2 is 2.38 bits per heavy atom. The Kier molecular flexibility index (Phi) is 9.18. The molecule has 0 aromatic heterocycles. The van der Waals surface area contributed by atoms with E-state index >= 15 is 0 Å². The van der Waals surface area contributed by atoms with E-state index in [9.17, 15) is 4.79 Å². The van der Waals surface area contributed by atoms with Crippen LogP contribution in [-0.2, 0) is 29.0 Å². The van der Waals surface area contributed by atoms with Crippen LogP contribution in [0.5, 0.6) is 0 Å². The number of rotatable bonds is 2. The molecule has 0 aromatic rings. The Balaban J connectivity index is 0. The molecule has 0 N–H and O–H groups in total. The molecule has 0 aliphatic rings. The van der Waals surface area contributed by atoms with Crippen LogP contribution in [0.1, 0.15) is 6.92 Å². The smallest absolute Gasteiger partial charge is 0.463 e. The van der Waals surface area contributed by atoms with Crippen molar-refractivity contribution in [2.75, 3.05) is 6.61 Å². The van der Waals surface area contributed by atoms with Gasteiger partial charge < -0.3 is 4.74 Å². The molecular formula is C5H8O2Zn+2. The number of carbonyl (C=O) groups excluding carboxylic acids is 1. The summed E-state index contributed by atoms with van der Waals surface area (Å²) in [6.45, 7) is 5.38. The van der Waals surface area contributed by atoms with E-state index in [0.29, 0.717) is 6.61 Å². The van der Waals surface area contributed by atoms with Gasteiger partial charge in [0.2, 0.25) is 0 Å².